The Labute approximate surface area is 112 Å². The Morgan fingerprint density at radius 1 is 1.45 bits per heavy atom. The van der Waals surface area contributed by atoms with Crippen LogP contribution in [-0.4, -0.2) is 59.8 Å². The van der Waals surface area contributed by atoms with Crippen molar-refractivity contribution in [2.45, 2.75) is 31.5 Å². The van der Waals surface area contributed by atoms with Crippen LogP contribution in [0.5, 0.6) is 0 Å². The smallest absolute Gasteiger partial charge is 0.279 e. The molecule has 0 unspecified atom stereocenters. The number of aryl methyl sites for hydroxylation is 1. The maximum atomic E-state index is 11.7. The average Bonchev–Trinajstić information content (AvgIpc) is 2.93. The minimum absolute atomic E-state index is 0.119. The summed E-state index contributed by atoms with van der Waals surface area (Å²) in [6, 6.07) is 0. The molecule has 0 amide bonds. The van der Waals surface area contributed by atoms with Gasteiger partial charge in [-0.15, -0.1) is 0 Å². The summed E-state index contributed by atoms with van der Waals surface area (Å²) in [5.74, 6) is 0.399. The fourth-order valence-electron chi connectivity index (χ4n) is 2.33. The summed E-state index contributed by atoms with van der Waals surface area (Å²) in [5.41, 5.74) is -0.0209. The van der Waals surface area contributed by atoms with Crippen LogP contribution in [0.4, 0.5) is 0 Å². The lowest BCUT2D eigenvalue weighted by atomic mass is 10.1. The number of aliphatic hydroxyl groups excluding tert-OH is 3. The SMILES string of the molecule is Cc1nc2c(ncn2[C@@H]2O[C@H](CO)[C@@H](O)[C@@H]2O)c(=O)[nH]1. The summed E-state index contributed by atoms with van der Waals surface area (Å²) in [6.45, 7) is 1.20. The van der Waals surface area contributed by atoms with Gasteiger partial charge in [0.05, 0.1) is 12.9 Å². The van der Waals surface area contributed by atoms with Crippen LogP contribution < -0.4 is 5.56 Å². The number of ether oxygens (including phenoxy) is 1. The second kappa shape index (κ2) is 4.63. The number of aromatic amines is 1. The Bertz CT molecular complexity index is 696. The van der Waals surface area contributed by atoms with E-state index >= 15 is 0 Å². The van der Waals surface area contributed by atoms with Gasteiger partial charge in [0.15, 0.2) is 17.4 Å². The number of fused-ring (bicyclic) bond motifs is 1. The lowest BCUT2D eigenvalue weighted by molar-refractivity contribution is -0.0511. The molecule has 0 radical (unpaired) electrons. The Kier molecular flexibility index (Phi) is 3.05. The van der Waals surface area contributed by atoms with Gasteiger partial charge in [0.2, 0.25) is 0 Å². The number of H-pyrrole nitrogens is 1. The molecular formula is C11H14N4O5. The number of imidazole rings is 1. The van der Waals surface area contributed by atoms with E-state index in [9.17, 15) is 15.0 Å². The topological polar surface area (TPSA) is 133 Å². The number of rotatable bonds is 2. The van der Waals surface area contributed by atoms with E-state index in [1.165, 1.54) is 10.9 Å². The molecule has 9 heteroatoms. The van der Waals surface area contributed by atoms with Crippen molar-refractivity contribution in [3.8, 4) is 0 Å². The van der Waals surface area contributed by atoms with Gasteiger partial charge in [0, 0.05) is 0 Å². The standard InChI is InChI=1S/C11H14N4O5/c1-4-13-9-6(10(19)14-4)12-3-15(9)11-8(18)7(17)5(2-16)20-11/h3,5,7-8,11,16-18H,2H2,1H3,(H,13,14,19)/t5-,7-,8+,11-/m1/s1. The van der Waals surface area contributed by atoms with Gasteiger partial charge >= 0.3 is 0 Å². The Morgan fingerprint density at radius 3 is 2.85 bits per heavy atom. The maximum Gasteiger partial charge on any atom is 0.279 e. The maximum absolute atomic E-state index is 11.7. The number of nitrogens with zero attached hydrogens (tertiary/aromatic N) is 3. The molecule has 4 N–H and O–H groups in total. The van der Waals surface area contributed by atoms with Crippen LogP contribution in [0.3, 0.4) is 0 Å². The normalized spacial score (nSPS) is 30.2. The molecule has 1 saturated heterocycles. The molecular weight excluding hydrogens is 268 g/mol. The highest BCUT2D eigenvalue weighted by Gasteiger charge is 2.44. The van der Waals surface area contributed by atoms with Gasteiger partial charge in [0.25, 0.3) is 5.56 Å². The molecule has 1 aliphatic heterocycles. The minimum atomic E-state index is -1.24. The van der Waals surface area contributed by atoms with Crippen molar-refractivity contribution in [2.24, 2.45) is 0 Å². The van der Waals surface area contributed by atoms with Gasteiger partial charge in [-0.1, -0.05) is 0 Å². The molecule has 9 nitrogen and oxygen atoms in total. The lowest BCUT2D eigenvalue weighted by Gasteiger charge is -2.16. The molecule has 3 rings (SSSR count). The Hall–Kier alpha value is -1.81. The highest BCUT2D eigenvalue weighted by Crippen LogP contribution is 2.30. The molecule has 0 bridgehead atoms. The number of aromatic nitrogens is 4. The van der Waals surface area contributed by atoms with Gasteiger partial charge in [-0.2, -0.15) is 0 Å². The van der Waals surface area contributed by atoms with Gasteiger partial charge in [-0.25, -0.2) is 9.97 Å². The lowest BCUT2D eigenvalue weighted by Crippen LogP contribution is -2.33. The molecule has 4 atom stereocenters. The van der Waals surface area contributed by atoms with Crippen LogP contribution in [0.2, 0.25) is 0 Å². The van der Waals surface area contributed by atoms with E-state index in [1.54, 1.807) is 6.92 Å². The van der Waals surface area contributed by atoms with E-state index in [0.717, 1.165) is 0 Å². The second-order valence-corrected chi connectivity index (χ2v) is 4.70. The molecule has 0 aliphatic carbocycles. The van der Waals surface area contributed by atoms with Crippen LogP contribution in [-0.2, 0) is 4.74 Å². The van der Waals surface area contributed by atoms with Crippen molar-refractivity contribution < 1.29 is 20.1 Å². The van der Waals surface area contributed by atoms with Crippen LogP contribution in [0, 0.1) is 6.92 Å². The second-order valence-electron chi connectivity index (χ2n) is 4.70. The third-order valence-corrected chi connectivity index (χ3v) is 3.34. The van der Waals surface area contributed by atoms with Crippen LogP contribution in [0.15, 0.2) is 11.1 Å². The largest absolute Gasteiger partial charge is 0.394 e. The first-order chi connectivity index (χ1) is 9.52. The summed E-state index contributed by atoms with van der Waals surface area (Å²) in [7, 11) is 0. The van der Waals surface area contributed by atoms with Gasteiger partial charge in [0.1, 0.15) is 24.1 Å². The first-order valence-electron chi connectivity index (χ1n) is 6.09. The summed E-state index contributed by atoms with van der Waals surface area (Å²) >= 11 is 0. The predicted molar refractivity (Wildman–Crippen MR) is 65.9 cm³/mol. The molecule has 2 aromatic heterocycles. The van der Waals surface area contributed by atoms with Gasteiger partial charge in [-0.05, 0) is 6.92 Å². The van der Waals surface area contributed by atoms with Crippen LogP contribution in [0.1, 0.15) is 12.1 Å². The van der Waals surface area contributed by atoms with Crippen molar-refractivity contribution >= 4 is 11.2 Å². The van der Waals surface area contributed by atoms with Crippen LogP contribution >= 0.6 is 0 Å². The summed E-state index contributed by atoms with van der Waals surface area (Å²) in [4.78, 5) is 22.3. The fourth-order valence-corrected chi connectivity index (χ4v) is 2.33. The summed E-state index contributed by atoms with van der Waals surface area (Å²) < 4.78 is 6.76. The molecule has 0 saturated carbocycles. The molecule has 1 aliphatic rings. The zero-order valence-corrected chi connectivity index (χ0v) is 10.6. The molecule has 0 spiro atoms. The molecule has 20 heavy (non-hydrogen) atoms. The van der Waals surface area contributed by atoms with Crippen molar-refractivity contribution in [3.63, 3.8) is 0 Å². The van der Waals surface area contributed by atoms with Crippen molar-refractivity contribution in [1.29, 1.82) is 0 Å². The first kappa shape index (κ1) is 13.2. The van der Waals surface area contributed by atoms with E-state index in [2.05, 4.69) is 15.0 Å². The van der Waals surface area contributed by atoms with E-state index in [0.29, 0.717) is 5.82 Å². The predicted octanol–water partition coefficient (Wildman–Crippen LogP) is -1.96. The van der Waals surface area contributed by atoms with Crippen molar-refractivity contribution in [1.82, 2.24) is 19.5 Å². The van der Waals surface area contributed by atoms with E-state index in [4.69, 9.17) is 9.84 Å². The number of hydrogen-bond acceptors (Lipinski definition) is 7. The van der Waals surface area contributed by atoms with Gasteiger partial charge in [-0.3, -0.25) is 9.36 Å². The number of aliphatic hydroxyl groups is 3. The Morgan fingerprint density at radius 2 is 2.20 bits per heavy atom. The zero-order valence-electron chi connectivity index (χ0n) is 10.6. The summed E-state index contributed by atoms with van der Waals surface area (Å²) in [6.07, 6.45) is -3.00. The monoisotopic (exact) mass is 282 g/mol. The fraction of sp³-hybridized carbons (Fsp3) is 0.545. The number of nitrogens with one attached hydrogen (secondary N) is 1. The third kappa shape index (κ3) is 1.83. The summed E-state index contributed by atoms with van der Waals surface area (Å²) in [5, 5.41) is 28.8. The van der Waals surface area contributed by atoms with Crippen LogP contribution in [0.25, 0.3) is 11.2 Å². The highest BCUT2D eigenvalue weighted by molar-refractivity contribution is 5.69. The average molecular weight is 282 g/mol. The van der Waals surface area contributed by atoms with Gasteiger partial charge < -0.3 is 25.0 Å². The van der Waals surface area contributed by atoms with E-state index in [1.807, 2.05) is 0 Å². The molecule has 2 aromatic rings. The number of hydrogen-bond donors (Lipinski definition) is 4. The van der Waals surface area contributed by atoms with E-state index in [-0.39, 0.29) is 11.2 Å². The van der Waals surface area contributed by atoms with Crippen molar-refractivity contribution in [3.05, 3.63) is 22.5 Å². The zero-order chi connectivity index (χ0) is 14.4. The first-order valence-corrected chi connectivity index (χ1v) is 6.09. The highest BCUT2D eigenvalue weighted by atomic mass is 16.6. The molecule has 3 heterocycles. The van der Waals surface area contributed by atoms with Crippen molar-refractivity contribution in [2.75, 3.05) is 6.61 Å². The third-order valence-electron chi connectivity index (χ3n) is 3.34. The molecule has 108 valence electrons. The minimum Gasteiger partial charge on any atom is -0.394 e. The molecule has 1 fully saturated rings. The quantitative estimate of drug-likeness (QED) is 0.502. The van der Waals surface area contributed by atoms with E-state index < -0.39 is 36.7 Å². The Balaban J connectivity index is 2.09. The molecule has 0 aromatic carbocycles.